The molecule has 13 heavy (non-hydrogen) atoms. The quantitative estimate of drug-likeness (QED) is 0.854. The molecular weight excluding hydrogens is 306 g/mol. The maximum atomic E-state index is 10.7. The first-order chi connectivity index (χ1) is 6.06. The van der Waals surface area contributed by atoms with Crippen LogP contribution in [-0.2, 0) is 0 Å². The van der Waals surface area contributed by atoms with Gasteiger partial charge in [-0.05, 0) is 34.7 Å². The molecule has 0 saturated heterocycles. The van der Waals surface area contributed by atoms with Gasteiger partial charge < -0.3 is 9.84 Å². The van der Waals surface area contributed by atoms with Crippen LogP contribution in [0.25, 0.3) is 0 Å². The Bertz CT molecular complexity index is 351. The van der Waals surface area contributed by atoms with Crippen molar-refractivity contribution in [2.45, 2.75) is 0 Å². The van der Waals surface area contributed by atoms with E-state index in [0.29, 0.717) is 14.3 Å². The van der Waals surface area contributed by atoms with Gasteiger partial charge in [0.25, 0.3) is 0 Å². The second-order valence-electron chi connectivity index (χ2n) is 2.27. The van der Waals surface area contributed by atoms with Gasteiger partial charge in [-0.3, -0.25) is 0 Å². The fourth-order valence-corrected chi connectivity index (χ4v) is 1.97. The van der Waals surface area contributed by atoms with Gasteiger partial charge >= 0.3 is 5.97 Å². The Labute approximate surface area is 93.8 Å². The van der Waals surface area contributed by atoms with Crippen LogP contribution in [0.1, 0.15) is 10.4 Å². The first-order valence-corrected chi connectivity index (χ1v) is 4.78. The minimum atomic E-state index is -0.987. The van der Waals surface area contributed by atoms with Gasteiger partial charge in [0, 0.05) is 3.57 Å². The highest BCUT2D eigenvalue weighted by molar-refractivity contribution is 14.1. The highest BCUT2D eigenvalue weighted by Gasteiger charge is 2.12. The number of hydrogen-bond acceptors (Lipinski definition) is 2. The predicted octanol–water partition coefficient (Wildman–Crippen LogP) is 2.65. The van der Waals surface area contributed by atoms with E-state index in [-0.39, 0.29) is 5.56 Å². The van der Waals surface area contributed by atoms with Crippen LogP contribution < -0.4 is 4.74 Å². The Hall–Kier alpha value is -0.490. The SMILES string of the molecule is COc1cc(C(=O)O)c(I)cc1Cl. The zero-order valence-electron chi connectivity index (χ0n) is 6.67. The molecule has 1 rings (SSSR count). The molecule has 0 bridgehead atoms. The van der Waals surface area contributed by atoms with E-state index in [4.69, 9.17) is 21.4 Å². The van der Waals surface area contributed by atoms with Crippen molar-refractivity contribution in [1.29, 1.82) is 0 Å². The van der Waals surface area contributed by atoms with Crippen molar-refractivity contribution in [3.63, 3.8) is 0 Å². The number of carbonyl (C=O) groups is 1. The average molecular weight is 312 g/mol. The zero-order valence-corrected chi connectivity index (χ0v) is 9.59. The molecule has 0 aromatic heterocycles. The normalized spacial score (nSPS) is 9.77. The van der Waals surface area contributed by atoms with Crippen LogP contribution in [0, 0.1) is 3.57 Å². The minimum absolute atomic E-state index is 0.196. The van der Waals surface area contributed by atoms with Crippen molar-refractivity contribution < 1.29 is 14.6 Å². The molecule has 0 spiro atoms. The van der Waals surface area contributed by atoms with E-state index in [1.54, 1.807) is 6.07 Å². The lowest BCUT2D eigenvalue weighted by atomic mass is 10.2. The second-order valence-corrected chi connectivity index (χ2v) is 3.84. The van der Waals surface area contributed by atoms with Crippen LogP contribution in [0.4, 0.5) is 0 Å². The topological polar surface area (TPSA) is 46.5 Å². The first kappa shape index (κ1) is 10.6. The van der Waals surface area contributed by atoms with E-state index in [2.05, 4.69) is 0 Å². The van der Waals surface area contributed by atoms with Crippen molar-refractivity contribution in [2.75, 3.05) is 7.11 Å². The molecule has 3 nitrogen and oxygen atoms in total. The average Bonchev–Trinajstić information content (AvgIpc) is 2.03. The molecule has 0 fully saturated rings. The van der Waals surface area contributed by atoms with E-state index in [9.17, 15) is 4.79 Å². The number of ether oxygens (including phenoxy) is 1. The van der Waals surface area contributed by atoms with Crippen LogP contribution in [0.15, 0.2) is 12.1 Å². The number of hydrogen-bond donors (Lipinski definition) is 1. The summed E-state index contributed by atoms with van der Waals surface area (Å²) in [4.78, 5) is 10.7. The number of methoxy groups -OCH3 is 1. The second kappa shape index (κ2) is 4.15. The van der Waals surface area contributed by atoms with E-state index in [1.165, 1.54) is 13.2 Å². The van der Waals surface area contributed by atoms with Gasteiger partial charge in [0.15, 0.2) is 0 Å². The lowest BCUT2D eigenvalue weighted by Crippen LogP contribution is -2.00. The predicted molar refractivity (Wildman–Crippen MR) is 57.7 cm³/mol. The lowest BCUT2D eigenvalue weighted by molar-refractivity contribution is 0.0695. The maximum Gasteiger partial charge on any atom is 0.336 e. The maximum absolute atomic E-state index is 10.7. The minimum Gasteiger partial charge on any atom is -0.495 e. The van der Waals surface area contributed by atoms with Crippen LogP contribution in [-0.4, -0.2) is 18.2 Å². The summed E-state index contributed by atoms with van der Waals surface area (Å²) in [6.45, 7) is 0. The molecule has 1 aromatic rings. The molecule has 0 aliphatic heterocycles. The molecule has 0 amide bonds. The number of aromatic carboxylic acids is 1. The summed E-state index contributed by atoms with van der Waals surface area (Å²) >= 11 is 7.70. The number of carboxylic acid groups (broad SMARTS) is 1. The Balaban J connectivity index is 3.30. The monoisotopic (exact) mass is 312 g/mol. The van der Waals surface area contributed by atoms with Crippen LogP contribution >= 0.6 is 34.2 Å². The molecule has 1 aromatic carbocycles. The summed E-state index contributed by atoms with van der Waals surface area (Å²) in [5, 5.41) is 9.19. The Morgan fingerprint density at radius 2 is 2.23 bits per heavy atom. The molecule has 70 valence electrons. The lowest BCUT2D eigenvalue weighted by Gasteiger charge is -2.05. The Morgan fingerprint density at radius 3 is 2.69 bits per heavy atom. The van der Waals surface area contributed by atoms with Crippen molar-refractivity contribution >= 4 is 40.2 Å². The van der Waals surface area contributed by atoms with Crippen molar-refractivity contribution in [1.82, 2.24) is 0 Å². The molecule has 0 radical (unpaired) electrons. The number of benzene rings is 1. The third-order valence-corrected chi connectivity index (χ3v) is 2.66. The smallest absolute Gasteiger partial charge is 0.336 e. The summed E-state index contributed by atoms with van der Waals surface area (Å²) < 4.78 is 5.49. The standard InChI is InChI=1S/C8H6ClIO3/c1-13-7-2-4(8(11)12)6(10)3-5(7)9/h2-3H,1H3,(H,11,12). The summed E-state index contributed by atoms with van der Waals surface area (Å²) in [7, 11) is 1.44. The molecule has 0 aliphatic carbocycles. The first-order valence-electron chi connectivity index (χ1n) is 3.32. The van der Waals surface area contributed by atoms with E-state index >= 15 is 0 Å². The molecule has 1 N–H and O–H groups in total. The van der Waals surface area contributed by atoms with E-state index < -0.39 is 5.97 Å². The highest BCUT2D eigenvalue weighted by atomic mass is 127. The molecular formula is C8H6ClIO3. The summed E-state index contributed by atoms with van der Waals surface area (Å²) in [5.74, 6) is -0.612. The largest absolute Gasteiger partial charge is 0.495 e. The van der Waals surface area contributed by atoms with Gasteiger partial charge in [0.05, 0.1) is 17.7 Å². The molecule has 0 heterocycles. The number of carboxylic acids is 1. The van der Waals surface area contributed by atoms with E-state index in [1.807, 2.05) is 22.6 Å². The Kier molecular flexibility index (Phi) is 3.38. The van der Waals surface area contributed by atoms with Gasteiger partial charge in [-0.15, -0.1) is 0 Å². The fourth-order valence-electron chi connectivity index (χ4n) is 0.849. The van der Waals surface area contributed by atoms with Gasteiger partial charge in [0.2, 0.25) is 0 Å². The van der Waals surface area contributed by atoms with Crippen molar-refractivity contribution in [3.05, 3.63) is 26.3 Å². The van der Waals surface area contributed by atoms with Crippen LogP contribution in [0.2, 0.25) is 5.02 Å². The zero-order chi connectivity index (χ0) is 10.0. The fraction of sp³-hybridized carbons (Fsp3) is 0.125. The van der Waals surface area contributed by atoms with Crippen molar-refractivity contribution in [3.8, 4) is 5.75 Å². The number of halogens is 2. The Morgan fingerprint density at radius 1 is 1.62 bits per heavy atom. The van der Waals surface area contributed by atoms with E-state index in [0.717, 1.165) is 0 Å². The van der Waals surface area contributed by atoms with Crippen LogP contribution in [0.3, 0.4) is 0 Å². The molecule has 0 atom stereocenters. The van der Waals surface area contributed by atoms with Crippen molar-refractivity contribution in [2.24, 2.45) is 0 Å². The molecule has 0 saturated carbocycles. The van der Waals surface area contributed by atoms with Gasteiger partial charge in [-0.25, -0.2) is 4.79 Å². The molecule has 0 aliphatic rings. The van der Waals surface area contributed by atoms with Crippen LogP contribution in [0.5, 0.6) is 5.75 Å². The summed E-state index contributed by atoms with van der Waals surface area (Å²) in [6, 6.07) is 2.97. The van der Waals surface area contributed by atoms with Gasteiger partial charge in [-0.2, -0.15) is 0 Å². The van der Waals surface area contributed by atoms with Gasteiger partial charge in [0.1, 0.15) is 5.75 Å². The summed E-state index contributed by atoms with van der Waals surface area (Å²) in [5.41, 5.74) is 0.196. The molecule has 5 heteroatoms. The highest BCUT2D eigenvalue weighted by Crippen LogP contribution is 2.28. The third kappa shape index (κ3) is 2.25. The molecule has 0 unspecified atom stereocenters. The summed E-state index contributed by atoms with van der Waals surface area (Å²) in [6.07, 6.45) is 0. The number of rotatable bonds is 2. The van der Waals surface area contributed by atoms with Gasteiger partial charge in [-0.1, -0.05) is 11.6 Å². The third-order valence-electron chi connectivity index (χ3n) is 1.47.